The molecule has 0 saturated carbocycles. The molecule has 0 saturated heterocycles. The minimum absolute atomic E-state index is 0.0754. The van der Waals surface area contributed by atoms with Crippen LogP contribution >= 0.6 is 0 Å². The number of unbranched alkanes of at least 4 members (excludes halogenated alkanes) is 1. The van der Waals surface area contributed by atoms with E-state index in [0.717, 1.165) is 18.6 Å². The van der Waals surface area contributed by atoms with Crippen LogP contribution in [0.2, 0.25) is 0 Å². The van der Waals surface area contributed by atoms with E-state index in [1.807, 2.05) is 6.92 Å². The van der Waals surface area contributed by atoms with Crippen LogP contribution in [0.15, 0.2) is 62.6 Å². The van der Waals surface area contributed by atoms with E-state index in [1.165, 1.54) is 21.3 Å². The molecule has 0 aliphatic heterocycles. The molecule has 172 valence electrons. The average Bonchev–Trinajstić information content (AvgIpc) is 3.25. The van der Waals surface area contributed by atoms with Crippen LogP contribution in [-0.4, -0.2) is 25.6 Å². The highest BCUT2D eigenvalue weighted by Gasteiger charge is 2.31. The van der Waals surface area contributed by atoms with Crippen molar-refractivity contribution >= 4 is 10.9 Å². The summed E-state index contributed by atoms with van der Waals surface area (Å²) in [5.74, 6) is -0.129. The normalized spacial score (nSPS) is 11.8. The topological polar surface area (TPSA) is 92.2 Å². The number of benzene rings is 2. The molecular weight excluding hydrogens is 441 g/mol. The zero-order chi connectivity index (χ0) is 23.6. The smallest absolute Gasteiger partial charge is 0.406 e. The summed E-state index contributed by atoms with van der Waals surface area (Å²) in [6.45, 7) is 2.18. The molecule has 4 rings (SSSR count). The highest BCUT2D eigenvalue weighted by molar-refractivity contribution is 5.77. The molecule has 2 heterocycles. The van der Waals surface area contributed by atoms with Crippen LogP contribution in [0.3, 0.4) is 0 Å². The van der Waals surface area contributed by atoms with Gasteiger partial charge in [-0.05, 0) is 42.8 Å². The third kappa shape index (κ3) is 4.81. The maximum absolute atomic E-state index is 13.1. The second-order valence-electron chi connectivity index (χ2n) is 7.28. The van der Waals surface area contributed by atoms with Crippen molar-refractivity contribution < 1.29 is 22.4 Å². The minimum Gasteiger partial charge on any atom is -0.406 e. The number of rotatable bonds is 7. The van der Waals surface area contributed by atoms with E-state index in [2.05, 4.69) is 14.9 Å². The number of fused-ring (bicyclic) bond motifs is 1. The Morgan fingerprint density at radius 1 is 1.03 bits per heavy atom. The van der Waals surface area contributed by atoms with E-state index in [1.54, 1.807) is 24.3 Å². The summed E-state index contributed by atoms with van der Waals surface area (Å²) in [4.78, 5) is 30.1. The van der Waals surface area contributed by atoms with Crippen LogP contribution in [0.5, 0.6) is 5.75 Å². The van der Waals surface area contributed by atoms with Gasteiger partial charge in [0.15, 0.2) is 0 Å². The first-order valence-corrected chi connectivity index (χ1v) is 10.2. The van der Waals surface area contributed by atoms with Gasteiger partial charge in [-0.15, -0.1) is 13.2 Å². The number of nitrogens with zero attached hydrogens (tertiary/aromatic N) is 4. The highest BCUT2D eigenvalue weighted by atomic mass is 19.4. The number of hydrogen-bond acceptors (Lipinski definition) is 6. The monoisotopic (exact) mass is 460 g/mol. The summed E-state index contributed by atoms with van der Waals surface area (Å²) < 4.78 is 48.7. The van der Waals surface area contributed by atoms with E-state index >= 15 is 0 Å². The van der Waals surface area contributed by atoms with Gasteiger partial charge >= 0.3 is 12.1 Å². The molecule has 0 fully saturated rings. The number of alkyl halides is 3. The quantitative estimate of drug-likeness (QED) is 0.415. The summed E-state index contributed by atoms with van der Waals surface area (Å²) in [6, 6.07) is 11.8. The molecule has 0 N–H and O–H groups in total. The van der Waals surface area contributed by atoms with Crippen molar-refractivity contribution in [2.45, 2.75) is 39.2 Å². The Labute approximate surface area is 184 Å². The maximum Gasteiger partial charge on any atom is 0.573 e. The van der Waals surface area contributed by atoms with Gasteiger partial charge in [-0.1, -0.05) is 30.6 Å². The zero-order valence-corrected chi connectivity index (χ0v) is 17.5. The Morgan fingerprint density at radius 2 is 1.76 bits per heavy atom. The Hall–Kier alpha value is -3.89. The largest absolute Gasteiger partial charge is 0.573 e. The van der Waals surface area contributed by atoms with Gasteiger partial charge in [-0.3, -0.25) is 13.9 Å². The molecule has 2 aromatic carbocycles. The van der Waals surface area contributed by atoms with Crippen LogP contribution in [0.1, 0.15) is 25.7 Å². The molecule has 11 heteroatoms. The first-order valence-electron chi connectivity index (χ1n) is 10.2. The van der Waals surface area contributed by atoms with Gasteiger partial charge in [0.1, 0.15) is 12.3 Å². The second kappa shape index (κ2) is 8.93. The molecule has 0 amide bonds. The molecule has 8 nitrogen and oxygen atoms in total. The van der Waals surface area contributed by atoms with Crippen LogP contribution in [0, 0.1) is 0 Å². The summed E-state index contributed by atoms with van der Waals surface area (Å²) in [7, 11) is 0. The fraction of sp³-hybridized carbons (Fsp3) is 0.273. The zero-order valence-electron chi connectivity index (χ0n) is 17.5. The molecule has 0 atom stereocenters. The Kier molecular flexibility index (Phi) is 6.03. The lowest BCUT2D eigenvalue weighted by atomic mass is 10.2. The molecule has 2 aromatic heterocycles. The lowest BCUT2D eigenvalue weighted by Gasteiger charge is -2.12. The van der Waals surface area contributed by atoms with Crippen molar-refractivity contribution in [1.82, 2.24) is 19.3 Å². The SMILES string of the molecule is CCCCn1c(=O)c2ccccc2n(Cc2nc(-c3ccc(OC(F)(F)F)cc3)no2)c1=O. The van der Waals surface area contributed by atoms with Crippen molar-refractivity contribution in [2.24, 2.45) is 0 Å². The van der Waals surface area contributed by atoms with Gasteiger partial charge in [0.2, 0.25) is 11.7 Å². The van der Waals surface area contributed by atoms with E-state index in [9.17, 15) is 22.8 Å². The number of para-hydroxylation sites is 1. The van der Waals surface area contributed by atoms with E-state index in [-0.39, 0.29) is 29.6 Å². The van der Waals surface area contributed by atoms with Crippen molar-refractivity contribution in [3.63, 3.8) is 0 Å². The minimum atomic E-state index is -4.79. The molecular formula is C22H19F3N4O4. The van der Waals surface area contributed by atoms with E-state index < -0.39 is 12.1 Å². The lowest BCUT2D eigenvalue weighted by Crippen LogP contribution is -2.40. The fourth-order valence-corrected chi connectivity index (χ4v) is 3.41. The number of ether oxygens (including phenoxy) is 1. The van der Waals surface area contributed by atoms with Gasteiger partial charge in [0.25, 0.3) is 5.56 Å². The number of hydrogen-bond donors (Lipinski definition) is 0. The Morgan fingerprint density at radius 3 is 2.45 bits per heavy atom. The Bertz CT molecular complexity index is 1390. The van der Waals surface area contributed by atoms with Gasteiger partial charge in [0.05, 0.1) is 10.9 Å². The molecule has 0 spiro atoms. The standard InChI is InChI=1S/C22H19F3N4O4/c1-2-3-12-28-20(30)16-6-4-5-7-17(16)29(21(28)31)13-18-26-19(27-33-18)14-8-10-15(11-9-14)32-22(23,24)25/h4-11H,2-3,12-13H2,1H3. The molecule has 0 radical (unpaired) electrons. The first kappa shape index (κ1) is 22.3. The van der Waals surface area contributed by atoms with Crippen LogP contribution in [0.25, 0.3) is 22.3 Å². The summed E-state index contributed by atoms with van der Waals surface area (Å²) in [5.41, 5.74) is 0.00605. The molecule has 0 aliphatic carbocycles. The van der Waals surface area contributed by atoms with Gasteiger partial charge < -0.3 is 9.26 Å². The van der Waals surface area contributed by atoms with Gasteiger partial charge in [-0.2, -0.15) is 4.98 Å². The number of halogens is 3. The summed E-state index contributed by atoms with van der Waals surface area (Å²) in [5, 5.41) is 4.25. The van der Waals surface area contributed by atoms with E-state index in [0.29, 0.717) is 29.4 Å². The third-order valence-electron chi connectivity index (χ3n) is 4.98. The summed E-state index contributed by atoms with van der Waals surface area (Å²) in [6.07, 6.45) is -3.30. The van der Waals surface area contributed by atoms with Crippen LogP contribution in [0.4, 0.5) is 13.2 Å². The summed E-state index contributed by atoms with van der Waals surface area (Å²) >= 11 is 0. The third-order valence-corrected chi connectivity index (χ3v) is 4.98. The first-order chi connectivity index (χ1) is 15.8. The van der Waals surface area contributed by atoms with Crippen molar-refractivity contribution in [3.05, 3.63) is 75.3 Å². The average molecular weight is 460 g/mol. The van der Waals surface area contributed by atoms with Crippen molar-refractivity contribution in [3.8, 4) is 17.1 Å². The molecule has 0 bridgehead atoms. The predicted octanol–water partition coefficient (Wildman–Crippen LogP) is 3.96. The molecule has 33 heavy (non-hydrogen) atoms. The molecule has 0 aliphatic rings. The maximum atomic E-state index is 13.1. The van der Waals surface area contributed by atoms with Crippen LogP contribution in [-0.2, 0) is 13.1 Å². The Balaban J connectivity index is 1.66. The predicted molar refractivity (Wildman–Crippen MR) is 113 cm³/mol. The highest BCUT2D eigenvalue weighted by Crippen LogP contribution is 2.25. The fourth-order valence-electron chi connectivity index (χ4n) is 3.41. The number of aromatic nitrogens is 4. The second-order valence-corrected chi connectivity index (χ2v) is 7.28. The van der Waals surface area contributed by atoms with Gasteiger partial charge in [-0.25, -0.2) is 4.79 Å². The lowest BCUT2D eigenvalue weighted by molar-refractivity contribution is -0.274. The van der Waals surface area contributed by atoms with E-state index in [4.69, 9.17) is 4.52 Å². The van der Waals surface area contributed by atoms with Crippen molar-refractivity contribution in [2.75, 3.05) is 0 Å². The molecule has 0 unspecified atom stereocenters. The van der Waals surface area contributed by atoms with Crippen molar-refractivity contribution in [1.29, 1.82) is 0 Å². The molecule has 4 aromatic rings. The van der Waals surface area contributed by atoms with Crippen LogP contribution < -0.4 is 16.0 Å². The van der Waals surface area contributed by atoms with Gasteiger partial charge in [0, 0.05) is 12.1 Å².